The number of piperidine rings is 1. The molecule has 2 aromatic carbocycles. The SMILES string of the molecule is CC(C)NC(=O)C1(Cc2ccccc2-c2ccccc2)CCN(Cc2cccnc2)CC1. The minimum atomic E-state index is -0.388. The molecular weight excluding hydrogens is 394 g/mol. The first-order chi connectivity index (χ1) is 15.6. The van der Waals surface area contributed by atoms with E-state index in [0.717, 1.165) is 38.9 Å². The summed E-state index contributed by atoms with van der Waals surface area (Å²) < 4.78 is 0. The molecule has 0 spiro atoms. The summed E-state index contributed by atoms with van der Waals surface area (Å²) in [6, 6.07) is 23.3. The van der Waals surface area contributed by atoms with Gasteiger partial charge in [0.05, 0.1) is 5.41 Å². The van der Waals surface area contributed by atoms with E-state index in [1.54, 1.807) is 0 Å². The van der Waals surface area contributed by atoms with Gasteiger partial charge in [-0.3, -0.25) is 14.7 Å². The van der Waals surface area contributed by atoms with Gasteiger partial charge in [0, 0.05) is 25.0 Å². The lowest BCUT2D eigenvalue weighted by Gasteiger charge is -2.41. The van der Waals surface area contributed by atoms with Gasteiger partial charge >= 0.3 is 0 Å². The molecular formula is C28H33N3O. The molecule has 3 aromatic rings. The molecule has 1 aliphatic rings. The molecule has 1 N–H and O–H groups in total. The van der Waals surface area contributed by atoms with Crippen LogP contribution >= 0.6 is 0 Å². The Morgan fingerprint density at radius 1 is 1.00 bits per heavy atom. The molecule has 4 nitrogen and oxygen atoms in total. The second kappa shape index (κ2) is 10.1. The summed E-state index contributed by atoms with van der Waals surface area (Å²) in [6.45, 7) is 6.79. The van der Waals surface area contributed by atoms with Crippen molar-refractivity contribution in [2.24, 2.45) is 5.41 Å². The molecule has 1 amide bonds. The van der Waals surface area contributed by atoms with Crippen LogP contribution in [0.3, 0.4) is 0 Å². The third-order valence-electron chi connectivity index (χ3n) is 6.47. The fraction of sp³-hybridized carbons (Fsp3) is 0.357. The van der Waals surface area contributed by atoms with Gasteiger partial charge in [0.2, 0.25) is 5.91 Å². The van der Waals surface area contributed by atoms with Crippen LogP contribution in [0.2, 0.25) is 0 Å². The summed E-state index contributed by atoms with van der Waals surface area (Å²) in [6.07, 6.45) is 6.22. The smallest absolute Gasteiger partial charge is 0.226 e. The lowest BCUT2D eigenvalue weighted by atomic mass is 9.71. The molecule has 0 saturated carbocycles. The Labute approximate surface area is 191 Å². The highest BCUT2D eigenvalue weighted by molar-refractivity contribution is 5.84. The standard InChI is InChI=1S/C28H33N3O/c1-22(2)30-27(32)28(14-17-31(18-15-28)21-23-9-8-16-29-20-23)19-25-12-6-7-13-26(25)24-10-4-3-5-11-24/h3-13,16,20,22H,14-15,17-19,21H2,1-2H3,(H,30,32). The zero-order chi connectivity index (χ0) is 22.4. The Kier molecular flexibility index (Phi) is 7.01. The summed E-state index contributed by atoms with van der Waals surface area (Å²) >= 11 is 0. The van der Waals surface area contributed by atoms with E-state index in [2.05, 4.69) is 69.8 Å². The average molecular weight is 428 g/mol. The lowest BCUT2D eigenvalue weighted by Crippen LogP contribution is -2.51. The maximum Gasteiger partial charge on any atom is 0.226 e. The average Bonchev–Trinajstić information content (AvgIpc) is 2.81. The van der Waals surface area contributed by atoms with Crippen LogP contribution in [-0.2, 0) is 17.8 Å². The number of carbonyl (C=O) groups excluding carboxylic acids is 1. The molecule has 166 valence electrons. The second-order valence-corrected chi connectivity index (χ2v) is 9.25. The Bertz CT molecular complexity index is 1010. The van der Waals surface area contributed by atoms with E-state index >= 15 is 0 Å². The fourth-order valence-electron chi connectivity index (χ4n) is 4.73. The normalized spacial score (nSPS) is 16.1. The summed E-state index contributed by atoms with van der Waals surface area (Å²) in [5.41, 5.74) is 4.51. The van der Waals surface area contributed by atoms with Gasteiger partial charge in [0.25, 0.3) is 0 Å². The van der Waals surface area contributed by atoms with Crippen LogP contribution in [-0.4, -0.2) is 34.9 Å². The topological polar surface area (TPSA) is 45.2 Å². The Morgan fingerprint density at radius 3 is 2.41 bits per heavy atom. The zero-order valence-electron chi connectivity index (χ0n) is 19.1. The molecule has 0 radical (unpaired) electrons. The minimum absolute atomic E-state index is 0.136. The van der Waals surface area contributed by atoms with Crippen molar-refractivity contribution >= 4 is 5.91 Å². The van der Waals surface area contributed by atoms with Crippen LogP contribution < -0.4 is 5.32 Å². The first kappa shape index (κ1) is 22.2. The van der Waals surface area contributed by atoms with Gasteiger partial charge in [-0.25, -0.2) is 0 Å². The van der Waals surface area contributed by atoms with E-state index in [1.807, 2.05) is 38.4 Å². The molecule has 2 heterocycles. The van der Waals surface area contributed by atoms with Crippen LogP contribution in [0.25, 0.3) is 11.1 Å². The number of benzene rings is 2. The zero-order valence-corrected chi connectivity index (χ0v) is 19.1. The highest BCUT2D eigenvalue weighted by atomic mass is 16.2. The Morgan fingerprint density at radius 2 is 1.72 bits per heavy atom. The molecule has 1 saturated heterocycles. The van der Waals surface area contributed by atoms with Crippen LogP contribution in [0.15, 0.2) is 79.1 Å². The van der Waals surface area contributed by atoms with E-state index in [4.69, 9.17) is 0 Å². The molecule has 32 heavy (non-hydrogen) atoms. The predicted octanol–water partition coefficient (Wildman–Crippen LogP) is 5.10. The van der Waals surface area contributed by atoms with Gasteiger partial charge in [0.15, 0.2) is 0 Å². The van der Waals surface area contributed by atoms with Crippen molar-refractivity contribution in [1.29, 1.82) is 0 Å². The largest absolute Gasteiger partial charge is 0.353 e. The molecule has 1 aromatic heterocycles. The van der Waals surface area contributed by atoms with Gasteiger partial charge in [-0.1, -0.05) is 60.7 Å². The van der Waals surface area contributed by atoms with Crippen molar-refractivity contribution in [3.63, 3.8) is 0 Å². The van der Waals surface area contributed by atoms with Gasteiger partial charge in [-0.2, -0.15) is 0 Å². The molecule has 0 atom stereocenters. The van der Waals surface area contributed by atoms with Crippen LogP contribution in [0.1, 0.15) is 37.8 Å². The van der Waals surface area contributed by atoms with Crippen molar-refractivity contribution in [3.8, 4) is 11.1 Å². The second-order valence-electron chi connectivity index (χ2n) is 9.25. The molecule has 1 aliphatic heterocycles. The quantitative estimate of drug-likeness (QED) is 0.571. The molecule has 0 unspecified atom stereocenters. The molecule has 0 bridgehead atoms. The van der Waals surface area contributed by atoms with Gasteiger partial charge in [0.1, 0.15) is 0 Å². The number of nitrogens with zero attached hydrogens (tertiary/aromatic N) is 2. The van der Waals surface area contributed by atoms with Gasteiger partial charge in [-0.15, -0.1) is 0 Å². The van der Waals surface area contributed by atoms with E-state index in [0.29, 0.717) is 0 Å². The monoisotopic (exact) mass is 427 g/mol. The first-order valence-corrected chi connectivity index (χ1v) is 11.6. The minimum Gasteiger partial charge on any atom is -0.353 e. The predicted molar refractivity (Wildman–Crippen MR) is 130 cm³/mol. The highest BCUT2D eigenvalue weighted by Crippen LogP contribution is 2.38. The number of nitrogens with one attached hydrogen (secondary N) is 1. The number of hydrogen-bond acceptors (Lipinski definition) is 3. The van der Waals surface area contributed by atoms with E-state index < -0.39 is 0 Å². The van der Waals surface area contributed by atoms with Gasteiger partial charge < -0.3 is 5.32 Å². The number of aromatic nitrogens is 1. The Balaban J connectivity index is 1.57. The van der Waals surface area contributed by atoms with E-state index in [-0.39, 0.29) is 17.4 Å². The number of hydrogen-bond donors (Lipinski definition) is 1. The summed E-state index contributed by atoms with van der Waals surface area (Å²) in [5, 5.41) is 3.23. The highest BCUT2D eigenvalue weighted by Gasteiger charge is 2.42. The Hall–Kier alpha value is -2.98. The molecule has 4 rings (SSSR count). The molecule has 4 heteroatoms. The number of carbonyl (C=O) groups is 1. The summed E-state index contributed by atoms with van der Waals surface area (Å²) in [7, 11) is 0. The van der Waals surface area contributed by atoms with Gasteiger partial charge in [-0.05, 0) is 74.5 Å². The molecule has 0 aliphatic carbocycles. The number of pyridine rings is 1. The van der Waals surface area contributed by atoms with E-state index in [1.165, 1.54) is 22.3 Å². The number of likely N-dealkylation sites (tertiary alicyclic amines) is 1. The summed E-state index contributed by atoms with van der Waals surface area (Å²) in [5.74, 6) is 0.191. The molecule has 1 fully saturated rings. The van der Waals surface area contributed by atoms with Crippen molar-refractivity contribution in [2.75, 3.05) is 13.1 Å². The first-order valence-electron chi connectivity index (χ1n) is 11.6. The third kappa shape index (κ3) is 5.25. The maximum atomic E-state index is 13.5. The third-order valence-corrected chi connectivity index (χ3v) is 6.47. The van der Waals surface area contributed by atoms with Crippen molar-refractivity contribution < 1.29 is 4.79 Å². The van der Waals surface area contributed by atoms with Crippen LogP contribution in [0, 0.1) is 5.41 Å². The lowest BCUT2D eigenvalue weighted by molar-refractivity contribution is -0.134. The number of rotatable bonds is 7. The van der Waals surface area contributed by atoms with Crippen LogP contribution in [0.4, 0.5) is 0 Å². The van der Waals surface area contributed by atoms with Crippen LogP contribution in [0.5, 0.6) is 0 Å². The maximum absolute atomic E-state index is 13.5. The van der Waals surface area contributed by atoms with Crippen molar-refractivity contribution in [2.45, 2.75) is 45.7 Å². The van der Waals surface area contributed by atoms with Crippen molar-refractivity contribution in [1.82, 2.24) is 15.2 Å². The fourth-order valence-corrected chi connectivity index (χ4v) is 4.73. The van der Waals surface area contributed by atoms with Crippen molar-refractivity contribution in [3.05, 3.63) is 90.3 Å². The van der Waals surface area contributed by atoms with E-state index in [9.17, 15) is 4.79 Å². The number of amides is 1. The summed E-state index contributed by atoms with van der Waals surface area (Å²) in [4.78, 5) is 20.2.